The number of fused-ring (bicyclic) bond motifs is 1. The third kappa shape index (κ3) is 4.53. The zero-order chi connectivity index (χ0) is 27.2. The highest BCUT2D eigenvalue weighted by atomic mass is 35.5. The average Bonchev–Trinajstić information content (AvgIpc) is 3.06. The molecule has 0 aliphatic rings. The lowest BCUT2D eigenvalue weighted by Crippen LogP contribution is -2.40. The summed E-state index contributed by atoms with van der Waals surface area (Å²) >= 11 is 5.76. The molecule has 0 unspecified atom stereocenters. The normalized spacial score (nSPS) is 11.7. The second kappa shape index (κ2) is 9.32. The van der Waals surface area contributed by atoms with Crippen LogP contribution in [0.3, 0.4) is 0 Å². The van der Waals surface area contributed by atoms with Crippen molar-refractivity contribution in [2.24, 2.45) is 7.05 Å². The van der Waals surface area contributed by atoms with Crippen molar-refractivity contribution < 1.29 is 27.8 Å². The zero-order valence-electron chi connectivity index (χ0n) is 19.2. The van der Waals surface area contributed by atoms with Gasteiger partial charge in [0.25, 0.3) is 5.56 Å². The van der Waals surface area contributed by atoms with Crippen molar-refractivity contribution in [3.63, 3.8) is 0 Å². The SMILES string of the molecule is CCn1c(=O)n(C)c2ccc(-n3cc(OC(=O)O)c(=O)n(Cc4cccc(Cl)c4C(F)(F)F)c3=O)cc21. The van der Waals surface area contributed by atoms with Gasteiger partial charge in [0, 0.05) is 13.6 Å². The van der Waals surface area contributed by atoms with Gasteiger partial charge in [-0.05, 0) is 36.8 Å². The van der Waals surface area contributed by atoms with Crippen molar-refractivity contribution >= 4 is 28.8 Å². The fraction of sp³-hybridized carbons (Fsp3) is 0.217. The fourth-order valence-electron chi connectivity index (χ4n) is 4.11. The van der Waals surface area contributed by atoms with Gasteiger partial charge in [-0.15, -0.1) is 0 Å². The number of nitrogens with zero attached hydrogens (tertiary/aromatic N) is 4. The molecule has 0 saturated carbocycles. The summed E-state index contributed by atoms with van der Waals surface area (Å²) in [4.78, 5) is 50.0. The Bertz CT molecular complexity index is 1730. The van der Waals surface area contributed by atoms with E-state index in [1.54, 1.807) is 14.0 Å². The molecule has 0 atom stereocenters. The maximum Gasteiger partial charge on any atom is 0.511 e. The summed E-state index contributed by atoms with van der Waals surface area (Å²) in [7, 11) is 1.56. The first-order valence-corrected chi connectivity index (χ1v) is 11.0. The number of imidazole rings is 1. The third-order valence-electron chi connectivity index (χ3n) is 5.77. The Hall–Kier alpha value is -4.26. The van der Waals surface area contributed by atoms with Gasteiger partial charge in [-0.25, -0.2) is 14.4 Å². The van der Waals surface area contributed by atoms with Crippen LogP contribution in [0.2, 0.25) is 5.02 Å². The number of carbonyl (C=O) groups is 1. The molecule has 14 heteroatoms. The summed E-state index contributed by atoms with van der Waals surface area (Å²) in [6.07, 6.45) is -5.93. The molecule has 0 fully saturated rings. The number of halogens is 4. The van der Waals surface area contributed by atoms with Crippen LogP contribution in [0.15, 0.2) is 57.0 Å². The smallest absolute Gasteiger partial charge is 0.449 e. The van der Waals surface area contributed by atoms with E-state index < -0.39 is 52.0 Å². The van der Waals surface area contributed by atoms with Crippen molar-refractivity contribution in [2.75, 3.05) is 0 Å². The first kappa shape index (κ1) is 25.8. The van der Waals surface area contributed by atoms with E-state index in [9.17, 15) is 32.3 Å². The Labute approximate surface area is 209 Å². The largest absolute Gasteiger partial charge is 0.511 e. The van der Waals surface area contributed by atoms with Crippen LogP contribution in [-0.4, -0.2) is 29.5 Å². The minimum atomic E-state index is -4.90. The fourth-order valence-corrected chi connectivity index (χ4v) is 4.41. The molecule has 1 N–H and O–H groups in total. The molecule has 10 nitrogen and oxygen atoms in total. The van der Waals surface area contributed by atoms with Gasteiger partial charge in [-0.3, -0.25) is 23.1 Å². The van der Waals surface area contributed by atoms with Crippen LogP contribution in [-0.2, 0) is 26.3 Å². The Morgan fingerprint density at radius 2 is 1.76 bits per heavy atom. The van der Waals surface area contributed by atoms with Crippen LogP contribution in [0.5, 0.6) is 5.75 Å². The molecule has 37 heavy (non-hydrogen) atoms. The summed E-state index contributed by atoms with van der Waals surface area (Å²) in [6.45, 7) is 1.16. The first-order valence-electron chi connectivity index (χ1n) is 10.7. The summed E-state index contributed by atoms with van der Waals surface area (Å²) in [6, 6.07) is 7.72. The second-order valence-corrected chi connectivity index (χ2v) is 8.34. The van der Waals surface area contributed by atoms with Gasteiger partial charge in [0.05, 0.1) is 40.0 Å². The zero-order valence-corrected chi connectivity index (χ0v) is 20.0. The van der Waals surface area contributed by atoms with E-state index >= 15 is 0 Å². The molecule has 0 amide bonds. The maximum atomic E-state index is 13.7. The molecule has 0 aliphatic carbocycles. The Morgan fingerprint density at radius 1 is 1.05 bits per heavy atom. The molecule has 0 saturated heterocycles. The van der Waals surface area contributed by atoms with Crippen LogP contribution < -0.4 is 21.7 Å². The number of hydrogen-bond acceptors (Lipinski definition) is 5. The average molecular weight is 539 g/mol. The van der Waals surface area contributed by atoms with Crippen LogP contribution in [0.1, 0.15) is 18.1 Å². The minimum Gasteiger partial charge on any atom is -0.449 e. The highest BCUT2D eigenvalue weighted by Crippen LogP contribution is 2.37. The standard InChI is InChI=1S/C23H18ClF3N4O6/c1-3-29-16-9-13(7-8-15(16)28(2)20(29)33)30-11-17(37-22(35)36)19(32)31(21(30)34)10-12-5-4-6-14(24)18(12)23(25,26)27/h4-9,11H,3,10H2,1-2H3,(H,35,36). The van der Waals surface area contributed by atoms with Crippen molar-refractivity contribution in [1.82, 2.24) is 18.3 Å². The number of benzene rings is 2. The van der Waals surface area contributed by atoms with Gasteiger partial charge in [0.2, 0.25) is 5.75 Å². The van der Waals surface area contributed by atoms with E-state index in [0.29, 0.717) is 22.1 Å². The molecule has 4 rings (SSSR count). The maximum absolute atomic E-state index is 13.7. The summed E-state index contributed by atoms with van der Waals surface area (Å²) < 4.78 is 49.7. The molecule has 2 aromatic heterocycles. The number of aromatic nitrogens is 4. The molecule has 4 aromatic rings. The van der Waals surface area contributed by atoms with E-state index in [4.69, 9.17) is 16.7 Å². The van der Waals surface area contributed by atoms with Gasteiger partial charge in [0.1, 0.15) is 0 Å². The number of ether oxygens (including phenoxy) is 1. The Morgan fingerprint density at radius 3 is 2.38 bits per heavy atom. The van der Waals surface area contributed by atoms with Crippen LogP contribution in [0.4, 0.5) is 18.0 Å². The number of carboxylic acid groups (broad SMARTS) is 1. The lowest BCUT2D eigenvalue weighted by molar-refractivity contribution is -0.138. The summed E-state index contributed by atoms with van der Waals surface area (Å²) in [5, 5.41) is 8.43. The number of aryl methyl sites for hydroxylation is 2. The number of hydrogen-bond donors (Lipinski definition) is 1. The van der Waals surface area contributed by atoms with Crippen LogP contribution in [0, 0.1) is 0 Å². The predicted octanol–water partition coefficient (Wildman–Crippen LogP) is 3.45. The van der Waals surface area contributed by atoms with Crippen molar-refractivity contribution in [3.05, 3.63) is 90.1 Å². The monoisotopic (exact) mass is 538 g/mol. The van der Waals surface area contributed by atoms with E-state index in [1.165, 1.54) is 33.4 Å². The number of rotatable bonds is 5. The Kier molecular flexibility index (Phi) is 6.50. The Balaban J connectivity index is 1.99. The van der Waals surface area contributed by atoms with E-state index in [-0.39, 0.29) is 11.4 Å². The van der Waals surface area contributed by atoms with Crippen molar-refractivity contribution in [3.8, 4) is 11.4 Å². The molecule has 0 aliphatic heterocycles. The predicted molar refractivity (Wildman–Crippen MR) is 127 cm³/mol. The molecular formula is C23H18ClF3N4O6. The lowest BCUT2D eigenvalue weighted by atomic mass is 10.1. The second-order valence-electron chi connectivity index (χ2n) is 7.94. The van der Waals surface area contributed by atoms with Gasteiger partial charge in [-0.1, -0.05) is 23.7 Å². The lowest BCUT2D eigenvalue weighted by Gasteiger charge is -2.17. The molecule has 194 valence electrons. The molecule has 2 aromatic carbocycles. The van der Waals surface area contributed by atoms with Crippen molar-refractivity contribution in [1.29, 1.82) is 0 Å². The van der Waals surface area contributed by atoms with Gasteiger partial charge >= 0.3 is 23.7 Å². The van der Waals surface area contributed by atoms with E-state index in [0.717, 1.165) is 22.9 Å². The first-order chi connectivity index (χ1) is 17.3. The molecule has 0 bridgehead atoms. The molecule has 0 spiro atoms. The van der Waals surface area contributed by atoms with Gasteiger partial charge in [-0.2, -0.15) is 13.2 Å². The van der Waals surface area contributed by atoms with Gasteiger partial charge in [0.15, 0.2) is 0 Å². The van der Waals surface area contributed by atoms with Crippen molar-refractivity contribution in [2.45, 2.75) is 26.2 Å². The minimum absolute atomic E-state index is 0.108. The quantitative estimate of drug-likeness (QED) is 0.389. The number of alkyl halides is 3. The van der Waals surface area contributed by atoms with Gasteiger partial charge < -0.3 is 9.84 Å². The highest BCUT2D eigenvalue weighted by Gasteiger charge is 2.36. The van der Waals surface area contributed by atoms with Crippen LogP contribution in [0.25, 0.3) is 16.7 Å². The third-order valence-corrected chi connectivity index (χ3v) is 6.09. The van der Waals surface area contributed by atoms with Crippen LogP contribution >= 0.6 is 11.6 Å². The topological polar surface area (TPSA) is 117 Å². The van der Waals surface area contributed by atoms with E-state index in [2.05, 4.69) is 4.74 Å². The molecular weight excluding hydrogens is 521 g/mol. The summed E-state index contributed by atoms with van der Waals surface area (Å²) in [5.74, 6) is -0.816. The molecule has 2 heterocycles. The summed E-state index contributed by atoms with van der Waals surface area (Å²) in [5.41, 5.74) is -3.30. The highest BCUT2D eigenvalue weighted by molar-refractivity contribution is 6.31. The van der Waals surface area contributed by atoms with E-state index in [1.807, 2.05) is 0 Å². The molecule has 0 radical (unpaired) electrons.